The lowest BCUT2D eigenvalue weighted by Crippen LogP contribution is -1.87. The highest BCUT2D eigenvalue weighted by atomic mass is 35.5. The highest BCUT2D eigenvalue weighted by molar-refractivity contribution is 6.31. The SMILES string of the molecule is Clc1ccc2nc(/C=C\c3ccccc3)cnc2c1. The van der Waals surface area contributed by atoms with Crippen LogP contribution in [0.5, 0.6) is 0 Å². The molecule has 0 saturated carbocycles. The summed E-state index contributed by atoms with van der Waals surface area (Å²) in [5, 5.41) is 0.675. The maximum absolute atomic E-state index is 5.92. The van der Waals surface area contributed by atoms with E-state index in [4.69, 9.17) is 11.6 Å². The lowest BCUT2D eigenvalue weighted by atomic mass is 10.2. The zero-order valence-electron chi connectivity index (χ0n) is 10.1. The van der Waals surface area contributed by atoms with Crippen LogP contribution in [0, 0.1) is 0 Å². The van der Waals surface area contributed by atoms with Crippen LogP contribution < -0.4 is 0 Å². The van der Waals surface area contributed by atoms with Crippen LogP contribution in [-0.4, -0.2) is 9.97 Å². The molecule has 1 aromatic heterocycles. The molecule has 0 aliphatic carbocycles. The minimum absolute atomic E-state index is 0.675. The van der Waals surface area contributed by atoms with Gasteiger partial charge in [0.05, 0.1) is 22.9 Å². The van der Waals surface area contributed by atoms with E-state index in [1.54, 1.807) is 6.20 Å². The molecule has 0 bridgehead atoms. The number of aromatic nitrogens is 2. The minimum Gasteiger partial charge on any atom is -0.252 e. The van der Waals surface area contributed by atoms with E-state index >= 15 is 0 Å². The van der Waals surface area contributed by atoms with Crippen molar-refractivity contribution >= 4 is 34.8 Å². The third-order valence-corrected chi connectivity index (χ3v) is 3.00. The highest BCUT2D eigenvalue weighted by Crippen LogP contribution is 2.16. The van der Waals surface area contributed by atoms with Crippen molar-refractivity contribution in [1.29, 1.82) is 0 Å². The van der Waals surface area contributed by atoms with Crippen LogP contribution in [0.1, 0.15) is 11.3 Å². The van der Waals surface area contributed by atoms with E-state index in [0.29, 0.717) is 5.02 Å². The average Bonchev–Trinajstić information content (AvgIpc) is 2.46. The molecule has 0 amide bonds. The van der Waals surface area contributed by atoms with E-state index in [0.717, 1.165) is 22.3 Å². The van der Waals surface area contributed by atoms with Gasteiger partial charge in [-0.25, -0.2) is 4.98 Å². The largest absolute Gasteiger partial charge is 0.252 e. The van der Waals surface area contributed by atoms with Gasteiger partial charge in [0.15, 0.2) is 0 Å². The van der Waals surface area contributed by atoms with Crippen LogP contribution in [0.4, 0.5) is 0 Å². The summed E-state index contributed by atoms with van der Waals surface area (Å²) in [4.78, 5) is 8.88. The first-order chi connectivity index (χ1) is 9.31. The lowest BCUT2D eigenvalue weighted by molar-refractivity contribution is 1.27. The third-order valence-electron chi connectivity index (χ3n) is 2.77. The molecule has 2 aromatic carbocycles. The standard InChI is InChI=1S/C16H11ClN2/c17-13-7-9-15-16(10-13)18-11-14(19-15)8-6-12-4-2-1-3-5-12/h1-11H/b8-6-. The van der Waals surface area contributed by atoms with Crippen LogP contribution in [0.2, 0.25) is 5.02 Å². The van der Waals surface area contributed by atoms with Gasteiger partial charge in [0.25, 0.3) is 0 Å². The quantitative estimate of drug-likeness (QED) is 0.685. The van der Waals surface area contributed by atoms with E-state index in [9.17, 15) is 0 Å². The van der Waals surface area contributed by atoms with Crippen LogP contribution in [0.15, 0.2) is 54.7 Å². The molecule has 0 N–H and O–H groups in total. The van der Waals surface area contributed by atoms with Gasteiger partial charge in [-0.15, -0.1) is 0 Å². The molecule has 0 unspecified atom stereocenters. The monoisotopic (exact) mass is 266 g/mol. The summed E-state index contributed by atoms with van der Waals surface area (Å²) in [5.41, 5.74) is 3.63. The summed E-state index contributed by atoms with van der Waals surface area (Å²) in [5.74, 6) is 0. The molecule has 1 heterocycles. The van der Waals surface area contributed by atoms with Gasteiger partial charge in [0.1, 0.15) is 0 Å². The van der Waals surface area contributed by atoms with Crippen molar-refractivity contribution in [2.45, 2.75) is 0 Å². The number of hydrogen-bond acceptors (Lipinski definition) is 2. The predicted octanol–water partition coefficient (Wildman–Crippen LogP) is 4.45. The molecular formula is C16H11ClN2. The van der Waals surface area contributed by atoms with Crippen LogP contribution in [0.3, 0.4) is 0 Å². The first-order valence-corrected chi connectivity index (χ1v) is 6.34. The Labute approximate surface area is 116 Å². The Bertz CT molecular complexity index is 736. The molecule has 0 atom stereocenters. The van der Waals surface area contributed by atoms with Crippen molar-refractivity contribution in [3.63, 3.8) is 0 Å². The van der Waals surface area contributed by atoms with Crippen molar-refractivity contribution in [2.75, 3.05) is 0 Å². The van der Waals surface area contributed by atoms with Gasteiger partial charge in [0.2, 0.25) is 0 Å². The Kier molecular flexibility index (Phi) is 3.25. The fourth-order valence-corrected chi connectivity index (χ4v) is 1.99. The second kappa shape index (κ2) is 5.21. The smallest absolute Gasteiger partial charge is 0.0902 e. The van der Waals surface area contributed by atoms with Crippen molar-refractivity contribution in [3.8, 4) is 0 Å². The van der Waals surface area contributed by atoms with Crippen molar-refractivity contribution < 1.29 is 0 Å². The Morgan fingerprint density at radius 3 is 2.58 bits per heavy atom. The maximum atomic E-state index is 5.92. The summed E-state index contributed by atoms with van der Waals surface area (Å²) >= 11 is 5.92. The molecule has 0 spiro atoms. The number of nitrogens with zero attached hydrogens (tertiary/aromatic N) is 2. The topological polar surface area (TPSA) is 25.8 Å². The lowest BCUT2D eigenvalue weighted by Gasteiger charge is -1.99. The molecule has 0 fully saturated rings. The van der Waals surface area contributed by atoms with Gasteiger partial charge in [-0.05, 0) is 29.8 Å². The molecule has 0 saturated heterocycles. The molecule has 3 heteroatoms. The number of fused-ring (bicyclic) bond motifs is 1. The van der Waals surface area contributed by atoms with Crippen molar-refractivity contribution in [2.24, 2.45) is 0 Å². The zero-order valence-corrected chi connectivity index (χ0v) is 10.9. The number of hydrogen-bond donors (Lipinski definition) is 0. The summed E-state index contributed by atoms with van der Waals surface area (Å²) < 4.78 is 0. The molecule has 3 rings (SSSR count). The van der Waals surface area contributed by atoms with E-state index in [1.165, 1.54) is 0 Å². The van der Waals surface area contributed by atoms with Gasteiger partial charge < -0.3 is 0 Å². The van der Waals surface area contributed by atoms with Crippen molar-refractivity contribution in [1.82, 2.24) is 9.97 Å². The highest BCUT2D eigenvalue weighted by Gasteiger charge is 1.98. The number of benzene rings is 2. The molecular weight excluding hydrogens is 256 g/mol. The Morgan fingerprint density at radius 1 is 0.895 bits per heavy atom. The summed E-state index contributed by atoms with van der Waals surface area (Å²) in [6.07, 6.45) is 5.72. The third kappa shape index (κ3) is 2.80. The Morgan fingerprint density at radius 2 is 1.74 bits per heavy atom. The minimum atomic E-state index is 0.675. The molecule has 0 aliphatic rings. The van der Waals surface area contributed by atoms with Gasteiger partial charge >= 0.3 is 0 Å². The van der Waals surface area contributed by atoms with Gasteiger partial charge in [-0.2, -0.15) is 0 Å². The van der Waals surface area contributed by atoms with E-state index in [1.807, 2.05) is 60.7 Å². The van der Waals surface area contributed by atoms with Crippen molar-refractivity contribution in [3.05, 3.63) is 71.0 Å². The molecule has 2 nitrogen and oxygen atoms in total. The molecule has 0 radical (unpaired) electrons. The van der Waals surface area contributed by atoms with E-state index in [-0.39, 0.29) is 0 Å². The summed E-state index contributed by atoms with van der Waals surface area (Å²) in [7, 11) is 0. The summed E-state index contributed by atoms with van der Waals surface area (Å²) in [6.45, 7) is 0. The zero-order chi connectivity index (χ0) is 13.1. The van der Waals surface area contributed by atoms with E-state index in [2.05, 4.69) is 9.97 Å². The van der Waals surface area contributed by atoms with Crippen LogP contribution >= 0.6 is 11.6 Å². The fraction of sp³-hybridized carbons (Fsp3) is 0. The first kappa shape index (κ1) is 11.9. The van der Waals surface area contributed by atoms with Crippen LogP contribution in [0.25, 0.3) is 23.2 Å². The van der Waals surface area contributed by atoms with Gasteiger partial charge in [0, 0.05) is 5.02 Å². The normalized spacial score (nSPS) is 11.2. The summed E-state index contributed by atoms with van der Waals surface area (Å²) in [6, 6.07) is 15.6. The Balaban J connectivity index is 1.94. The number of halogens is 1. The molecule has 3 aromatic rings. The molecule has 19 heavy (non-hydrogen) atoms. The van der Waals surface area contributed by atoms with Gasteiger partial charge in [-0.1, -0.05) is 48.0 Å². The first-order valence-electron chi connectivity index (χ1n) is 5.97. The van der Waals surface area contributed by atoms with E-state index < -0.39 is 0 Å². The molecule has 92 valence electrons. The van der Waals surface area contributed by atoms with Gasteiger partial charge in [-0.3, -0.25) is 4.98 Å². The Hall–Kier alpha value is -2.19. The fourth-order valence-electron chi connectivity index (χ4n) is 1.82. The predicted molar refractivity (Wildman–Crippen MR) is 79.9 cm³/mol. The molecule has 0 aliphatic heterocycles. The second-order valence-corrected chi connectivity index (χ2v) is 4.61. The average molecular weight is 267 g/mol. The second-order valence-electron chi connectivity index (χ2n) is 4.17. The number of rotatable bonds is 2. The van der Waals surface area contributed by atoms with Crippen LogP contribution in [-0.2, 0) is 0 Å². The maximum Gasteiger partial charge on any atom is 0.0902 e.